The maximum atomic E-state index is 9.85. The van der Waals surface area contributed by atoms with Gasteiger partial charge in [-0.3, -0.25) is 9.98 Å². The molecule has 0 aliphatic carbocycles. The van der Waals surface area contributed by atoms with Crippen LogP contribution in [-0.2, 0) is 0 Å². The molecule has 2 aromatic rings. The Balaban J connectivity index is 1.77. The van der Waals surface area contributed by atoms with Crippen molar-refractivity contribution < 1.29 is 10.2 Å². The Morgan fingerprint density at radius 3 is 2.23 bits per heavy atom. The average Bonchev–Trinajstić information content (AvgIpc) is 2.52. The molecule has 2 aromatic carbocycles. The zero-order valence-electron chi connectivity index (χ0n) is 12.6. The van der Waals surface area contributed by atoms with Gasteiger partial charge < -0.3 is 10.2 Å². The first kappa shape index (κ1) is 15.8. The van der Waals surface area contributed by atoms with Gasteiger partial charge in [0.2, 0.25) is 0 Å². The molecule has 0 fully saturated rings. The maximum Gasteiger partial charge on any atom is 0.127 e. The van der Waals surface area contributed by atoms with Gasteiger partial charge in [-0.2, -0.15) is 0 Å². The van der Waals surface area contributed by atoms with Gasteiger partial charge in [-0.25, -0.2) is 0 Å². The molecule has 4 nitrogen and oxygen atoms in total. The van der Waals surface area contributed by atoms with Crippen molar-refractivity contribution in [2.24, 2.45) is 9.98 Å². The van der Waals surface area contributed by atoms with E-state index in [1.165, 1.54) is 0 Å². The summed E-state index contributed by atoms with van der Waals surface area (Å²) in [5, 5.41) is 19.4. The van der Waals surface area contributed by atoms with E-state index in [1.807, 2.05) is 37.3 Å². The van der Waals surface area contributed by atoms with Crippen LogP contribution in [0, 0.1) is 6.92 Å². The molecule has 0 heterocycles. The molecule has 0 aromatic heterocycles. The molecule has 0 bridgehead atoms. The standard InChI is InChI=1S/C18H20N2O2/c1-14-6-4-8-16(18(14)22)13-20-11-5-10-19-12-15-7-2-3-9-17(15)21/h2-4,6-9,12-13,21-22H,5,10-11H2,1H3. The van der Waals surface area contributed by atoms with Crippen LogP contribution in [-0.4, -0.2) is 35.7 Å². The van der Waals surface area contributed by atoms with Crippen molar-refractivity contribution in [1.29, 1.82) is 0 Å². The lowest BCUT2D eigenvalue weighted by Gasteiger charge is -2.01. The predicted octanol–water partition coefficient (Wildman–Crippen LogP) is 3.33. The summed E-state index contributed by atoms with van der Waals surface area (Å²) in [4.78, 5) is 8.57. The van der Waals surface area contributed by atoms with E-state index < -0.39 is 0 Å². The van der Waals surface area contributed by atoms with E-state index in [2.05, 4.69) is 9.98 Å². The first-order chi connectivity index (χ1) is 10.7. The summed E-state index contributed by atoms with van der Waals surface area (Å²) in [5.74, 6) is 0.517. The van der Waals surface area contributed by atoms with Gasteiger partial charge in [0.1, 0.15) is 11.5 Å². The van der Waals surface area contributed by atoms with Crippen LogP contribution in [0.15, 0.2) is 52.4 Å². The molecule has 0 amide bonds. The minimum absolute atomic E-state index is 0.235. The van der Waals surface area contributed by atoms with Gasteiger partial charge in [-0.15, -0.1) is 0 Å². The molecule has 0 spiro atoms. The second-order valence-corrected chi connectivity index (χ2v) is 5.00. The van der Waals surface area contributed by atoms with Crippen molar-refractivity contribution in [3.05, 3.63) is 59.2 Å². The SMILES string of the molecule is Cc1cccc(C=NCCCN=Cc2ccccc2O)c1O. The summed E-state index contributed by atoms with van der Waals surface area (Å²) in [5.41, 5.74) is 2.30. The molecule has 0 saturated carbocycles. The van der Waals surface area contributed by atoms with Gasteiger partial charge in [-0.1, -0.05) is 24.3 Å². The fourth-order valence-electron chi connectivity index (χ4n) is 1.96. The van der Waals surface area contributed by atoms with E-state index in [0.29, 0.717) is 13.1 Å². The first-order valence-electron chi connectivity index (χ1n) is 7.24. The lowest BCUT2D eigenvalue weighted by atomic mass is 10.1. The zero-order chi connectivity index (χ0) is 15.8. The van der Waals surface area contributed by atoms with Crippen LogP contribution in [0.2, 0.25) is 0 Å². The Hall–Kier alpha value is -2.62. The van der Waals surface area contributed by atoms with Crippen molar-refractivity contribution >= 4 is 12.4 Å². The van der Waals surface area contributed by atoms with Gasteiger partial charge in [0.25, 0.3) is 0 Å². The zero-order valence-corrected chi connectivity index (χ0v) is 12.6. The Bertz CT molecular complexity index is 679. The second-order valence-electron chi connectivity index (χ2n) is 5.00. The summed E-state index contributed by atoms with van der Waals surface area (Å²) in [6.07, 6.45) is 4.17. The molecular formula is C18H20N2O2. The highest BCUT2D eigenvalue weighted by Crippen LogP contribution is 2.19. The molecule has 0 saturated heterocycles. The number of para-hydroxylation sites is 2. The van der Waals surface area contributed by atoms with Crippen LogP contribution in [0.1, 0.15) is 23.1 Å². The van der Waals surface area contributed by atoms with Gasteiger partial charge in [0.05, 0.1) is 0 Å². The van der Waals surface area contributed by atoms with Gasteiger partial charge in [0.15, 0.2) is 0 Å². The number of hydrogen-bond acceptors (Lipinski definition) is 4. The molecular weight excluding hydrogens is 276 g/mol. The molecule has 2 N–H and O–H groups in total. The van der Waals surface area contributed by atoms with Gasteiger partial charge in [-0.05, 0) is 37.1 Å². The number of aromatic hydroxyl groups is 2. The molecule has 114 valence electrons. The minimum Gasteiger partial charge on any atom is -0.507 e. The largest absolute Gasteiger partial charge is 0.507 e. The smallest absolute Gasteiger partial charge is 0.127 e. The van der Waals surface area contributed by atoms with E-state index in [0.717, 1.165) is 23.1 Å². The van der Waals surface area contributed by atoms with Crippen LogP contribution >= 0.6 is 0 Å². The van der Waals surface area contributed by atoms with Gasteiger partial charge in [0, 0.05) is 36.6 Å². The monoisotopic (exact) mass is 296 g/mol. The quantitative estimate of drug-likeness (QED) is 0.634. The fourth-order valence-corrected chi connectivity index (χ4v) is 1.96. The normalized spacial score (nSPS) is 11.5. The molecule has 2 rings (SSSR count). The van der Waals surface area contributed by atoms with E-state index >= 15 is 0 Å². The highest BCUT2D eigenvalue weighted by molar-refractivity contribution is 5.84. The van der Waals surface area contributed by atoms with Crippen LogP contribution in [0.3, 0.4) is 0 Å². The first-order valence-corrected chi connectivity index (χ1v) is 7.24. The Labute approximate surface area is 130 Å². The lowest BCUT2D eigenvalue weighted by molar-refractivity contribution is 0.470. The summed E-state index contributed by atoms with van der Waals surface area (Å²) < 4.78 is 0. The topological polar surface area (TPSA) is 65.2 Å². The number of aliphatic imine (C=N–C) groups is 2. The third-order valence-electron chi connectivity index (χ3n) is 3.24. The van der Waals surface area contributed by atoms with E-state index in [-0.39, 0.29) is 11.5 Å². The van der Waals surface area contributed by atoms with Crippen molar-refractivity contribution in [3.8, 4) is 11.5 Å². The molecule has 0 unspecified atom stereocenters. The van der Waals surface area contributed by atoms with Crippen LogP contribution in [0.25, 0.3) is 0 Å². The number of benzene rings is 2. The van der Waals surface area contributed by atoms with Crippen LogP contribution in [0.4, 0.5) is 0 Å². The number of hydrogen-bond donors (Lipinski definition) is 2. The number of phenolic OH excluding ortho intramolecular Hbond substituents is 2. The molecule has 22 heavy (non-hydrogen) atoms. The van der Waals surface area contributed by atoms with Crippen molar-refractivity contribution in [2.75, 3.05) is 13.1 Å². The molecule has 0 radical (unpaired) electrons. The Kier molecular flexibility index (Phi) is 5.72. The van der Waals surface area contributed by atoms with E-state index in [4.69, 9.17) is 0 Å². The Morgan fingerprint density at radius 2 is 1.50 bits per heavy atom. The number of nitrogens with zero attached hydrogens (tertiary/aromatic N) is 2. The minimum atomic E-state index is 0.235. The molecule has 4 heteroatoms. The van der Waals surface area contributed by atoms with E-state index in [9.17, 15) is 10.2 Å². The molecule has 0 aliphatic rings. The number of phenols is 2. The second kappa shape index (κ2) is 7.98. The average molecular weight is 296 g/mol. The third kappa shape index (κ3) is 4.45. The maximum absolute atomic E-state index is 9.85. The number of rotatable bonds is 6. The summed E-state index contributed by atoms with van der Waals surface area (Å²) in [6, 6.07) is 12.7. The lowest BCUT2D eigenvalue weighted by Crippen LogP contribution is -1.91. The van der Waals surface area contributed by atoms with E-state index in [1.54, 1.807) is 24.6 Å². The van der Waals surface area contributed by atoms with Crippen molar-refractivity contribution in [1.82, 2.24) is 0 Å². The summed E-state index contributed by atoms with van der Waals surface area (Å²) in [7, 11) is 0. The van der Waals surface area contributed by atoms with Crippen molar-refractivity contribution in [3.63, 3.8) is 0 Å². The summed E-state index contributed by atoms with van der Waals surface area (Å²) in [6.45, 7) is 3.15. The highest BCUT2D eigenvalue weighted by Gasteiger charge is 1.99. The Morgan fingerprint density at radius 1 is 0.864 bits per heavy atom. The predicted molar refractivity (Wildman–Crippen MR) is 90.5 cm³/mol. The molecule has 0 aliphatic heterocycles. The number of aryl methyl sites for hydroxylation is 1. The van der Waals surface area contributed by atoms with Crippen molar-refractivity contribution in [2.45, 2.75) is 13.3 Å². The molecule has 0 atom stereocenters. The van der Waals surface area contributed by atoms with Crippen LogP contribution in [0.5, 0.6) is 11.5 Å². The summed E-state index contributed by atoms with van der Waals surface area (Å²) >= 11 is 0. The fraction of sp³-hybridized carbons (Fsp3) is 0.222. The van der Waals surface area contributed by atoms with Gasteiger partial charge >= 0.3 is 0 Å². The third-order valence-corrected chi connectivity index (χ3v) is 3.24. The highest BCUT2D eigenvalue weighted by atomic mass is 16.3. The van der Waals surface area contributed by atoms with Crippen LogP contribution < -0.4 is 0 Å².